The average molecular weight is 242 g/mol. The van der Waals surface area contributed by atoms with E-state index >= 15 is 0 Å². The third-order valence-electron chi connectivity index (χ3n) is 3.97. The molecule has 0 saturated carbocycles. The molecule has 0 aliphatic rings. The van der Waals surface area contributed by atoms with Crippen molar-refractivity contribution in [3.05, 3.63) is 0 Å². The van der Waals surface area contributed by atoms with Crippen LogP contribution in [0.4, 0.5) is 0 Å². The van der Waals surface area contributed by atoms with Gasteiger partial charge in [0.05, 0.1) is 0 Å². The number of rotatable bonds is 8. The standard InChI is InChI=1S/C15H34N2/c1-8-16(9-2)12-14(15(5,6)7)13-17(10-3)11-4/h14H,8-13H2,1-7H3. The van der Waals surface area contributed by atoms with E-state index in [9.17, 15) is 0 Å². The Balaban J connectivity index is 4.54. The highest BCUT2D eigenvalue weighted by Crippen LogP contribution is 2.27. The van der Waals surface area contributed by atoms with Crippen LogP contribution in [-0.2, 0) is 0 Å². The predicted octanol–water partition coefficient (Wildman–Crippen LogP) is 3.33. The van der Waals surface area contributed by atoms with Gasteiger partial charge in [0, 0.05) is 13.1 Å². The van der Waals surface area contributed by atoms with Crippen molar-refractivity contribution in [1.29, 1.82) is 0 Å². The Morgan fingerprint density at radius 2 is 1.00 bits per heavy atom. The molecular weight excluding hydrogens is 208 g/mol. The molecular formula is C15H34N2. The van der Waals surface area contributed by atoms with Gasteiger partial charge >= 0.3 is 0 Å². The Bertz CT molecular complexity index is 162. The van der Waals surface area contributed by atoms with Gasteiger partial charge in [0.2, 0.25) is 0 Å². The largest absolute Gasteiger partial charge is 0.304 e. The summed E-state index contributed by atoms with van der Waals surface area (Å²) in [4.78, 5) is 5.11. The molecule has 0 heterocycles. The molecule has 17 heavy (non-hydrogen) atoms. The lowest BCUT2D eigenvalue weighted by Gasteiger charge is -2.37. The second-order valence-electron chi connectivity index (χ2n) is 6.03. The van der Waals surface area contributed by atoms with Crippen LogP contribution < -0.4 is 0 Å². The lowest BCUT2D eigenvalue weighted by molar-refractivity contribution is 0.111. The average Bonchev–Trinajstić information content (AvgIpc) is 2.28. The molecule has 0 aliphatic heterocycles. The van der Waals surface area contributed by atoms with Crippen LogP contribution in [-0.4, -0.2) is 49.1 Å². The van der Waals surface area contributed by atoms with Crippen LogP contribution in [0.2, 0.25) is 0 Å². The summed E-state index contributed by atoms with van der Waals surface area (Å²) in [6.45, 7) is 23.3. The van der Waals surface area contributed by atoms with Crippen LogP contribution in [0.1, 0.15) is 48.5 Å². The first-order valence-electron chi connectivity index (χ1n) is 7.33. The summed E-state index contributed by atoms with van der Waals surface area (Å²) in [5, 5.41) is 0. The van der Waals surface area contributed by atoms with E-state index in [1.807, 2.05) is 0 Å². The van der Waals surface area contributed by atoms with Gasteiger partial charge in [-0.05, 0) is 37.5 Å². The van der Waals surface area contributed by atoms with E-state index in [0.29, 0.717) is 5.41 Å². The lowest BCUT2D eigenvalue weighted by atomic mass is 9.80. The molecule has 0 rings (SSSR count). The quantitative estimate of drug-likeness (QED) is 0.644. The van der Waals surface area contributed by atoms with Crippen molar-refractivity contribution in [2.45, 2.75) is 48.5 Å². The van der Waals surface area contributed by atoms with Crippen molar-refractivity contribution in [3.8, 4) is 0 Å². The van der Waals surface area contributed by atoms with Crippen molar-refractivity contribution in [3.63, 3.8) is 0 Å². The van der Waals surface area contributed by atoms with Gasteiger partial charge in [0.25, 0.3) is 0 Å². The van der Waals surface area contributed by atoms with E-state index in [1.165, 1.54) is 39.3 Å². The molecule has 0 aromatic heterocycles. The molecule has 0 fully saturated rings. The summed E-state index contributed by atoms with van der Waals surface area (Å²) >= 11 is 0. The third-order valence-corrected chi connectivity index (χ3v) is 3.97. The maximum absolute atomic E-state index is 2.55. The van der Waals surface area contributed by atoms with Crippen LogP contribution >= 0.6 is 0 Å². The summed E-state index contributed by atoms with van der Waals surface area (Å²) < 4.78 is 0. The number of hydrogen-bond donors (Lipinski definition) is 0. The maximum Gasteiger partial charge on any atom is 0.00267 e. The van der Waals surface area contributed by atoms with Crippen molar-refractivity contribution < 1.29 is 0 Å². The minimum atomic E-state index is 0.394. The summed E-state index contributed by atoms with van der Waals surface area (Å²) in [5.41, 5.74) is 0.394. The summed E-state index contributed by atoms with van der Waals surface area (Å²) in [7, 11) is 0. The fourth-order valence-electron chi connectivity index (χ4n) is 2.19. The highest BCUT2D eigenvalue weighted by atomic mass is 15.1. The number of nitrogens with zero attached hydrogens (tertiary/aromatic N) is 2. The Morgan fingerprint density at radius 1 is 0.706 bits per heavy atom. The molecule has 0 saturated heterocycles. The molecule has 0 amide bonds. The number of hydrogen-bond acceptors (Lipinski definition) is 2. The molecule has 0 atom stereocenters. The van der Waals surface area contributed by atoms with Gasteiger partial charge in [-0.3, -0.25) is 0 Å². The third kappa shape index (κ3) is 6.42. The van der Waals surface area contributed by atoms with Crippen LogP contribution in [0.5, 0.6) is 0 Å². The van der Waals surface area contributed by atoms with E-state index in [4.69, 9.17) is 0 Å². The summed E-state index contributed by atoms with van der Waals surface area (Å²) in [5.74, 6) is 0.752. The zero-order valence-electron chi connectivity index (χ0n) is 13.2. The van der Waals surface area contributed by atoms with Crippen molar-refractivity contribution in [2.75, 3.05) is 39.3 Å². The first kappa shape index (κ1) is 16.9. The van der Waals surface area contributed by atoms with Crippen LogP contribution in [0.25, 0.3) is 0 Å². The molecule has 0 unspecified atom stereocenters. The Morgan fingerprint density at radius 3 is 1.18 bits per heavy atom. The zero-order chi connectivity index (χ0) is 13.5. The first-order chi connectivity index (χ1) is 7.88. The fraction of sp³-hybridized carbons (Fsp3) is 1.00. The minimum Gasteiger partial charge on any atom is -0.304 e. The van der Waals surface area contributed by atoms with E-state index in [-0.39, 0.29) is 0 Å². The molecule has 104 valence electrons. The second-order valence-corrected chi connectivity index (χ2v) is 6.03. The highest BCUT2D eigenvalue weighted by Gasteiger charge is 2.27. The van der Waals surface area contributed by atoms with E-state index in [1.54, 1.807) is 0 Å². The van der Waals surface area contributed by atoms with Crippen LogP contribution in [0.15, 0.2) is 0 Å². The molecule has 2 heteroatoms. The smallest absolute Gasteiger partial charge is 0.00267 e. The Hall–Kier alpha value is -0.0800. The molecule has 0 bridgehead atoms. The molecule has 0 aromatic carbocycles. The van der Waals surface area contributed by atoms with Crippen molar-refractivity contribution in [2.24, 2.45) is 11.3 Å². The minimum absolute atomic E-state index is 0.394. The van der Waals surface area contributed by atoms with Gasteiger partial charge in [0.1, 0.15) is 0 Å². The van der Waals surface area contributed by atoms with E-state index in [2.05, 4.69) is 58.3 Å². The fourth-order valence-corrected chi connectivity index (χ4v) is 2.19. The SMILES string of the molecule is CCN(CC)CC(CN(CC)CC)C(C)(C)C. The van der Waals surface area contributed by atoms with Gasteiger partial charge < -0.3 is 9.80 Å². The maximum atomic E-state index is 2.55. The molecule has 0 aliphatic carbocycles. The molecule has 0 spiro atoms. The normalized spacial score (nSPS) is 13.1. The summed E-state index contributed by atoms with van der Waals surface area (Å²) in [6, 6.07) is 0. The van der Waals surface area contributed by atoms with Gasteiger partial charge in [0.15, 0.2) is 0 Å². The van der Waals surface area contributed by atoms with Gasteiger partial charge in [-0.15, -0.1) is 0 Å². The van der Waals surface area contributed by atoms with Gasteiger partial charge in [-0.1, -0.05) is 48.5 Å². The molecule has 0 N–H and O–H groups in total. The molecule has 2 nitrogen and oxygen atoms in total. The van der Waals surface area contributed by atoms with Gasteiger partial charge in [-0.2, -0.15) is 0 Å². The highest BCUT2D eigenvalue weighted by molar-refractivity contribution is 4.79. The van der Waals surface area contributed by atoms with Gasteiger partial charge in [-0.25, -0.2) is 0 Å². The first-order valence-corrected chi connectivity index (χ1v) is 7.33. The van der Waals surface area contributed by atoms with Crippen molar-refractivity contribution >= 4 is 0 Å². The summed E-state index contributed by atoms with van der Waals surface area (Å²) in [6.07, 6.45) is 0. The second kappa shape index (κ2) is 8.10. The van der Waals surface area contributed by atoms with Crippen LogP contribution in [0, 0.1) is 11.3 Å². The Kier molecular flexibility index (Phi) is 8.06. The van der Waals surface area contributed by atoms with Crippen LogP contribution in [0.3, 0.4) is 0 Å². The van der Waals surface area contributed by atoms with E-state index in [0.717, 1.165) is 5.92 Å². The van der Waals surface area contributed by atoms with Crippen molar-refractivity contribution in [1.82, 2.24) is 9.80 Å². The molecule has 0 radical (unpaired) electrons. The zero-order valence-corrected chi connectivity index (χ0v) is 13.2. The van der Waals surface area contributed by atoms with E-state index < -0.39 is 0 Å². The predicted molar refractivity (Wildman–Crippen MR) is 78.5 cm³/mol. The topological polar surface area (TPSA) is 6.48 Å². The lowest BCUT2D eigenvalue weighted by Crippen LogP contribution is -2.42. The molecule has 0 aromatic rings. The monoisotopic (exact) mass is 242 g/mol. The Labute approximate surface area is 109 Å².